The maximum absolute atomic E-state index is 10.9. The fourth-order valence-corrected chi connectivity index (χ4v) is 1.44. The monoisotopic (exact) mass is 255 g/mol. The zero-order valence-corrected chi connectivity index (χ0v) is 10.7. The van der Waals surface area contributed by atoms with Crippen molar-refractivity contribution in [2.75, 3.05) is 32.7 Å². The fraction of sp³-hybridized carbons (Fsp3) is 0.545. The molecule has 0 aliphatic rings. The second kappa shape index (κ2) is 6.87. The number of hydrogen-bond acceptors (Lipinski definition) is 6. The van der Waals surface area contributed by atoms with Crippen molar-refractivity contribution in [3.05, 3.63) is 27.9 Å². The van der Waals surface area contributed by atoms with Gasteiger partial charge in [-0.15, -0.1) is 0 Å². The number of nitrogens with one attached hydrogen (secondary N) is 1. The summed E-state index contributed by atoms with van der Waals surface area (Å²) in [6.07, 6.45) is 1.39. The number of nitro groups is 1. The van der Waals surface area contributed by atoms with Crippen molar-refractivity contribution < 1.29 is 14.4 Å². The van der Waals surface area contributed by atoms with Crippen molar-refractivity contribution in [2.45, 2.75) is 13.0 Å². The number of hydrogen-bond donors (Lipinski definition) is 1. The number of anilines is 1. The zero-order valence-electron chi connectivity index (χ0n) is 10.7. The Labute approximate surface area is 105 Å². The van der Waals surface area contributed by atoms with Gasteiger partial charge in [-0.25, -0.2) is 4.98 Å². The van der Waals surface area contributed by atoms with Gasteiger partial charge >= 0.3 is 5.69 Å². The van der Waals surface area contributed by atoms with Crippen molar-refractivity contribution in [2.24, 2.45) is 0 Å². The summed E-state index contributed by atoms with van der Waals surface area (Å²) >= 11 is 0. The van der Waals surface area contributed by atoms with Gasteiger partial charge in [0.15, 0.2) is 0 Å². The van der Waals surface area contributed by atoms with E-state index in [1.807, 2.05) is 0 Å². The standard InChI is InChI=1S/C11H17N3O4/c1-8-4-10(14(15)16)11(12-5-8)13-6-9(18-3)7-17-2/h4-5,9H,6-7H2,1-3H3,(H,12,13). The molecule has 1 aromatic heterocycles. The predicted octanol–water partition coefficient (Wildman–Crippen LogP) is 1.37. The Kier molecular flexibility index (Phi) is 5.47. The molecule has 1 rings (SSSR count). The average Bonchev–Trinajstić information content (AvgIpc) is 2.35. The summed E-state index contributed by atoms with van der Waals surface area (Å²) in [6, 6.07) is 1.48. The molecule has 0 fully saturated rings. The second-order valence-electron chi connectivity index (χ2n) is 3.83. The number of rotatable bonds is 7. The highest BCUT2D eigenvalue weighted by Gasteiger charge is 2.16. The molecule has 18 heavy (non-hydrogen) atoms. The predicted molar refractivity (Wildman–Crippen MR) is 66.8 cm³/mol. The maximum atomic E-state index is 10.9. The van der Waals surface area contributed by atoms with Crippen LogP contribution >= 0.6 is 0 Å². The number of methoxy groups -OCH3 is 2. The van der Waals surface area contributed by atoms with Gasteiger partial charge in [0.1, 0.15) is 0 Å². The van der Waals surface area contributed by atoms with Crippen LogP contribution in [0.15, 0.2) is 12.3 Å². The Bertz CT molecular complexity index is 411. The van der Waals surface area contributed by atoms with Gasteiger partial charge < -0.3 is 14.8 Å². The lowest BCUT2D eigenvalue weighted by atomic mass is 10.3. The molecular weight excluding hydrogens is 238 g/mol. The topological polar surface area (TPSA) is 86.5 Å². The van der Waals surface area contributed by atoms with Crippen molar-refractivity contribution in [3.8, 4) is 0 Å². The van der Waals surface area contributed by atoms with Gasteiger partial charge in [0, 0.05) is 33.0 Å². The van der Waals surface area contributed by atoms with Crippen LogP contribution in [0.5, 0.6) is 0 Å². The van der Waals surface area contributed by atoms with Crippen molar-refractivity contribution in [1.29, 1.82) is 0 Å². The van der Waals surface area contributed by atoms with Gasteiger partial charge in [0.25, 0.3) is 0 Å². The maximum Gasteiger partial charge on any atom is 0.311 e. The highest BCUT2D eigenvalue weighted by atomic mass is 16.6. The van der Waals surface area contributed by atoms with Crippen molar-refractivity contribution in [1.82, 2.24) is 4.98 Å². The molecule has 0 radical (unpaired) electrons. The number of nitrogens with zero attached hydrogens (tertiary/aromatic N) is 2. The smallest absolute Gasteiger partial charge is 0.311 e. The molecule has 0 amide bonds. The Morgan fingerprint density at radius 1 is 1.56 bits per heavy atom. The van der Waals surface area contributed by atoms with Gasteiger partial charge in [-0.2, -0.15) is 0 Å². The van der Waals surface area contributed by atoms with Crippen LogP contribution in [0.2, 0.25) is 0 Å². The minimum absolute atomic E-state index is 0.0396. The number of aryl methyl sites for hydroxylation is 1. The van der Waals surface area contributed by atoms with E-state index in [0.717, 1.165) is 5.56 Å². The minimum Gasteiger partial charge on any atom is -0.382 e. The molecule has 0 aliphatic carbocycles. The van der Waals surface area contributed by atoms with Crippen LogP contribution in [-0.2, 0) is 9.47 Å². The van der Waals surface area contributed by atoms with Crippen LogP contribution in [0.4, 0.5) is 11.5 Å². The molecule has 0 saturated carbocycles. The zero-order chi connectivity index (χ0) is 13.5. The highest BCUT2D eigenvalue weighted by molar-refractivity contribution is 5.56. The minimum atomic E-state index is -0.458. The molecule has 1 N–H and O–H groups in total. The fourth-order valence-electron chi connectivity index (χ4n) is 1.44. The van der Waals surface area contributed by atoms with E-state index in [-0.39, 0.29) is 17.6 Å². The third kappa shape index (κ3) is 3.94. The third-order valence-electron chi connectivity index (χ3n) is 2.38. The lowest BCUT2D eigenvalue weighted by Gasteiger charge is -2.15. The summed E-state index contributed by atoms with van der Waals surface area (Å²) in [4.78, 5) is 14.4. The van der Waals surface area contributed by atoms with Crippen LogP contribution in [-0.4, -0.2) is 43.4 Å². The number of ether oxygens (including phenoxy) is 2. The Balaban J connectivity index is 2.74. The molecule has 1 atom stereocenters. The number of pyridine rings is 1. The lowest BCUT2D eigenvalue weighted by molar-refractivity contribution is -0.384. The summed E-state index contributed by atoms with van der Waals surface area (Å²) in [5.74, 6) is 0.240. The molecule has 7 heteroatoms. The second-order valence-corrected chi connectivity index (χ2v) is 3.83. The quantitative estimate of drug-likeness (QED) is 0.585. The van der Waals surface area contributed by atoms with Crippen LogP contribution in [0, 0.1) is 17.0 Å². The van der Waals surface area contributed by atoms with Gasteiger partial charge in [-0.3, -0.25) is 10.1 Å². The highest BCUT2D eigenvalue weighted by Crippen LogP contribution is 2.22. The molecular formula is C11H17N3O4. The van der Waals surface area contributed by atoms with Crippen LogP contribution in [0.1, 0.15) is 5.56 Å². The van der Waals surface area contributed by atoms with E-state index in [0.29, 0.717) is 13.2 Å². The van der Waals surface area contributed by atoms with Crippen LogP contribution in [0.25, 0.3) is 0 Å². The SMILES string of the molecule is COCC(CNc1ncc(C)cc1[N+](=O)[O-])OC. The van der Waals surface area contributed by atoms with E-state index in [1.54, 1.807) is 27.3 Å². The molecule has 0 aliphatic heterocycles. The molecule has 0 aromatic carbocycles. The summed E-state index contributed by atoms with van der Waals surface area (Å²) in [7, 11) is 3.13. The van der Waals surface area contributed by atoms with E-state index in [4.69, 9.17) is 9.47 Å². The first-order chi connectivity index (χ1) is 8.58. The van der Waals surface area contributed by atoms with Gasteiger partial charge in [-0.05, 0) is 12.5 Å². The van der Waals surface area contributed by atoms with E-state index in [9.17, 15) is 10.1 Å². The molecule has 0 saturated heterocycles. The Morgan fingerprint density at radius 2 is 2.28 bits per heavy atom. The Hall–Kier alpha value is -1.73. The summed E-state index contributed by atoms with van der Waals surface area (Å²) in [6.45, 7) is 2.55. The third-order valence-corrected chi connectivity index (χ3v) is 2.38. The van der Waals surface area contributed by atoms with Crippen LogP contribution in [0.3, 0.4) is 0 Å². The van der Waals surface area contributed by atoms with Gasteiger partial charge in [-0.1, -0.05) is 0 Å². The first-order valence-electron chi connectivity index (χ1n) is 5.45. The van der Waals surface area contributed by atoms with Crippen molar-refractivity contribution in [3.63, 3.8) is 0 Å². The molecule has 1 aromatic rings. The molecule has 100 valence electrons. The average molecular weight is 255 g/mol. The number of aromatic nitrogens is 1. The first-order valence-corrected chi connectivity index (χ1v) is 5.45. The molecule has 0 spiro atoms. The van der Waals surface area contributed by atoms with E-state index in [1.165, 1.54) is 6.07 Å². The molecule has 7 nitrogen and oxygen atoms in total. The summed E-state index contributed by atoms with van der Waals surface area (Å²) in [5, 5.41) is 13.8. The van der Waals surface area contributed by atoms with Crippen LogP contribution < -0.4 is 5.32 Å². The van der Waals surface area contributed by atoms with Gasteiger partial charge in [0.05, 0.1) is 17.6 Å². The van der Waals surface area contributed by atoms with Crippen molar-refractivity contribution >= 4 is 11.5 Å². The largest absolute Gasteiger partial charge is 0.382 e. The van der Waals surface area contributed by atoms with E-state index >= 15 is 0 Å². The normalized spacial score (nSPS) is 12.2. The van der Waals surface area contributed by atoms with E-state index < -0.39 is 4.92 Å². The molecule has 0 bridgehead atoms. The lowest BCUT2D eigenvalue weighted by Crippen LogP contribution is -2.27. The molecule has 1 heterocycles. The van der Waals surface area contributed by atoms with Gasteiger partial charge in [0.2, 0.25) is 5.82 Å². The first kappa shape index (κ1) is 14.3. The summed E-state index contributed by atoms with van der Waals surface area (Å²) < 4.78 is 10.1. The summed E-state index contributed by atoms with van der Waals surface area (Å²) in [5.41, 5.74) is 0.703. The molecule has 1 unspecified atom stereocenters. The van der Waals surface area contributed by atoms with E-state index in [2.05, 4.69) is 10.3 Å². The Morgan fingerprint density at radius 3 is 2.83 bits per heavy atom.